The van der Waals surface area contributed by atoms with Crippen molar-refractivity contribution in [3.05, 3.63) is 35.5 Å². The summed E-state index contributed by atoms with van der Waals surface area (Å²) < 4.78 is 0. The van der Waals surface area contributed by atoms with E-state index in [9.17, 15) is 5.11 Å². The maximum Gasteiger partial charge on any atom is 3.00 e. The van der Waals surface area contributed by atoms with Gasteiger partial charge in [0.15, 0.2) is 0 Å². The first kappa shape index (κ1) is 37.9. The fourth-order valence-electron chi connectivity index (χ4n) is 7.00. The molecule has 1 N–H and O–H groups in total. The second-order valence-electron chi connectivity index (χ2n) is 13.2. The van der Waals surface area contributed by atoms with Crippen LogP contribution in [0.25, 0.3) is 0 Å². The van der Waals surface area contributed by atoms with Crippen molar-refractivity contribution in [1.29, 1.82) is 0 Å². The number of aliphatic hydroxyl groups is 1. The quantitative estimate of drug-likeness (QED) is 0.286. The van der Waals surface area contributed by atoms with E-state index in [1.54, 1.807) is 5.57 Å². The minimum Gasteiger partial charge on any atom is -1.00 e. The average Bonchev–Trinajstić information content (AvgIpc) is 2.68. The van der Waals surface area contributed by atoms with Crippen molar-refractivity contribution in [2.24, 2.45) is 40.4 Å². The number of halogens is 3. The third kappa shape index (κ3) is 8.39. The summed E-state index contributed by atoms with van der Waals surface area (Å²) in [5.41, 5.74) is 5.40. The minimum absolute atomic E-state index is 0. The van der Waals surface area contributed by atoms with Crippen LogP contribution in [0.3, 0.4) is 0 Å². The van der Waals surface area contributed by atoms with Crippen LogP contribution < -0.4 is 37.2 Å². The van der Waals surface area contributed by atoms with Crippen molar-refractivity contribution in [1.82, 2.24) is 0 Å². The Morgan fingerprint density at radius 1 is 0.829 bits per heavy atom. The third-order valence-corrected chi connectivity index (χ3v) is 10.2. The van der Waals surface area contributed by atoms with Crippen LogP contribution in [0.4, 0.5) is 0 Å². The van der Waals surface area contributed by atoms with Crippen molar-refractivity contribution in [2.45, 2.75) is 112 Å². The molecule has 0 aromatic carbocycles. The van der Waals surface area contributed by atoms with Crippen molar-refractivity contribution >= 4 is 0 Å². The van der Waals surface area contributed by atoms with Crippen LogP contribution in [-0.2, 0) is 22.4 Å². The van der Waals surface area contributed by atoms with Crippen LogP contribution in [0.5, 0.6) is 0 Å². The average molecular weight is 730 g/mol. The third-order valence-electron chi connectivity index (χ3n) is 10.2. The zero-order valence-electron chi connectivity index (χ0n) is 23.3. The first-order chi connectivity index (χ1) is 14.2. The molecule has 208 valence electrons. The van der Waals surface area contributed by atoms with Crippen molar-refractivity contribution in [3.8, 4) is 0 Å². The molecule has 0 amide bonds. The zero-order valence-corrected chi connectivity index (χ0v) is 27.7. The fourth-order valence-corrected chi connectivity index (χ4v) is 7.00. The van der Waals surface area contributed by atoms with E-state index in [2.05, 4.69) is 60.3 Å². The zero-order chi connectivity index (χ0) is 23.2. The largest absolute Gasteiger partial charge is 3.00 e. The molecule has 7 aliphatic rings. The Labute approximate surface area is 251 Å². The molecule has 4 saturated carbocycles. The van der Waals surface area contributed by atoms with Gasteiger partial charge in [-0.1, -0.05) is 63.1 Å². The molecule has 0 saturated heterocycles. The Morgan fingerprint density at radius 3 is 1.66 bits per heavy atom. The van der Waals surface area contributed by atoms with Gasteiger partial charge in [0.1, 0.15) is 0 Å². The second-order valence-corrected chi connectivity index (χ2v) is 13.2. The molecule has 5 atom stereocenters. The van der Waals surface area contributed by atoms with E-state index in [-0.39, 0.29) is 59.6 Å². The molecule has 7 rings (SSSR count). The van der Waals surface area contributed by atoms with Crippen molar-refractivity contribution < 1.29 is 64.7 Å². The molecule has 0 aromatic heterocycles. The summed E-state index contributed by atoms with van der Waals surface area (Å²) in [6.45, 7) is 22.0. The number of fused-ring (bicyclic) bond motifs is 3. The molecular weight excluding hydrogens is 680 g/mol. The summed E-state index contributed by atoms with van der Waals surface area (Å²) in [6.07, 6.45) is 15.0. The number of rotatable bonds is 1. The van der Waals surface area contributed by atoms with Gasteiger partial charge in [0, 0.05) is 0 Å². The van der Waals surface area contributed by atoms with Gasteiger partial charge in [-0.3, -0.25) is 0 Å². The molecule has 0 heterocycles. The van der Waals surface area contributed by atoms with Crippen LogP contribution >= 0.6 is 0 Å². The molecule has 0 aliphatic heterocycles. The predicted molar refractivity (Wildman–Crippen MR) is 135 cm³/mol. The number of hydrogen-bond donors (Lipinski definition) is 1. The molecule has 5 heteroatoms. The van der Waals surface area contributed by atoms with Gasteiger partial charge in [-0.05, 0) is 119 Å². The maximum absolute atomic E-state index is 9.70. The van der Waals surface area contributed by atoms with Gasteiger partial charge in [-0.25, -0.2) is 0 Å². The summed E-state index contributed by atoms with van der Waals surface area (Å²) >= 11 is 0. The van der Waals surface area contributed by atoms with Gasteiger partial charge in [0.05, 0.1) is 5.60 Å². The van der Waals surface area contributed by atoms with Crippen LogP contribution in [-0.4, -0.2) is 10.7 Å². The van der Waals surface area contributed by atoms with E-state index in [4.69, 9.17) is 0 Å². The predicted octanol–water partition coefficient (Wildman–Crippen LogP) is -0.489. The molecule has 4 bridgehead atoms. The Hall–Kier alpha value is 0.790. The van der Waals surface area contributed by atoms with E-state index in [0.717, 1.165) is 42.9 Å². The molecule has 0 aromatic rings. The van der Waals surface area contributed by atoms with E-state index in [1.807, 2.05) is 13.8 Å². The molecule has 0 spiro atoms. The molecule has 1 nitrogen and oxygen atoms in total. The van der Waals surface area contributed by atoms with Crippen LogP contribution in [0, 0.1) is 40.4 Å². The van der Waals surface area contributed by atoms with Crippen molar-refractivity contribution in [3.63, 3.8) is 0 Å². The Morgan fingerprint density at radius 2 is 1.37 bits per heavy atom. The normalized spacial score (nSPS) is 32.6. The molecule has 4 fully saturated rings. The fraction of sp³-hybridized carbons (Fsp3) is 0.800. The van der Waals surface area contributed by atoms with Crippen molar-refractivity contribution in [2.75, 3.05) is 0 Å². The summed E-state index contributed by atoms with van der Waals surface area (Å²) in [7, 11) is 0. The first-order valence-corrected chi connectivity index (χ1v) is 13.0. The summed E-state index contributed by atoms with van der Waals surface area (Å²) in [6, 6.07) is 0. The molecule has 5 unspecified atom stereocenters. The minimum atomic E-state index is -0.489. The summed E-state index contributed by atoms with van der Waals surface area (Å²) in [5, 5.41) is 9.70. The van der Waals surface area contributed by atoms with Crippen LogP contribution in [0.15, 0.2) is 35.5 Å². The number of allylic oxidation sites excluding steroid dienone is 5. The Kier molecular flexibility index (Phi) is 15.5. The molecular formula is C30H50AuCl3O. The number of hydrogen-bond acceptors (Lipinski definition) is 1. The topological polar surface area (TPSA) is 20.2 Å². The van der Waals surface area contributed by atoms with Gasteiger partial charge in [-0.15, -0.1) is 0 Å². The van der Waals surface area contributed by atoms with Crippen LogP contribution in [0.2, 0.25) is 0 Å². The molecule has 7 aliphatic carbocycles. The Bertz CT molecular complexity index is 743. The van der Waals surface area contributed by atoms with Gasteiger partial charge in [0.25, 0.3) is 0 Å². The summed E-state index contributed by atoms with van der Waals surface area (Å²) in [4.78, 5) is 0. The maximum atomic E-state index is 9.70. The standard InChI is InChI=1S/C10H18O.2C10H16.Au.3ClH/c1-8-4-6-9(7-5-8)10(2,3)11;2*1-7-4-5-8-6-9(7)10(8,2)3;;;;/h4,9,11H,5-7H2,1-3H3;4,8-9H,5-6H2,1-3H3;8-9H,1,4-6H2,2-3H3;;3*1H/q;;;+3;;;/p-3. The smallest absolute Gasteiger partial charge is 1.00 e. The Balaban J connectivity index is 0. The molecule has 35 heavy (non-hydrogen) atoms. The van der Waals surface area contributed by atoms with E-state index >= 15 is 0 Å². The van der Waals surface area contributed by atoms with Gasteiger partial charge in [0.2, 0.25) is 0 Å². The van der Waals surface area contributed by atoms with E-state index in [1.165, 1.54) is 43.3 Å². The van der Waals surface area contributed by atoms with Gasteiger partial charge >= 0.3 is 22.4 Å². The van der Waals surface area contributed by atoms with E-state index in [0.29, 0.717) is 16.7 Å². The monoisotopic (exact) mass is 728 g/mol. The second kappa shape index (κ2) is 14.3. The summed E-state index contributed by atoms with van der Waals surface area (Å²) in [5.74, 6) is 4.27. The van der Waals surface area contributed by atoms with Gasteiger partial charge in [-0.2, -0.15) is 0 Å². The SMILES string of the molecule is C=C1CCC2CC1C2(C)C.CC1=CCC(C(C)(C)O)CC1.CC1=CCC2CC1C2(C)C.[Au+3].[Cl-].[Cl-].[Cl-]. The van der Waals surface area contributed by atoms with E-state index < -0.39 is 5.60 Å². The molecule has 0 radical (unpaired) electrons. The van der Waals surface area contributed by atoms with Gasteiger partial charge < -0.3 is 42.3 Å². The van der Waals surface area contributed by atoms with Crippen LogP contribution in [0.1, 0.15) is 107 Å². The first-order valence-electron chi connectivity index (χ1n) is 13.0.